The van der Waals surface area contributed by atoms with Crippen molar-refractivity contribution in [2.75, 3.05) is 5.73 Å². The van der Waals surface area contributed by atoms with Crippen molar-refractivity contribution in [3.63, 3.8) is 0 Å². The largest absolute Gasteiger partial charge is 0.399 e. The van der Waals surface area contributed by atoms with Gasteiger partial charge in [0.1, 0.15) is 0 Å². The molecule has 84 valence electrons. The van der Waals surface area contributed by atoms with Gasteiger partial charge in [-0.25, -0.2) is 0 Å². The molecular weight excluding hydrogens is 246 g/mol. The van der Waals surface area contributed by atoms with Crippen LogP contribution in [0.5, 0.6) is 0 Å². The van der Waals surface area contributed by atoms with Crippen molar-refractivity contribution in [3.8, 4) is 0 Å². The summed E-state index contributed by atoms with van der Waals surface area (Å²) in [6.07, 6.45) is 0. The average Bonchev–Trinajstić information content (AvgIpc) is 2.66. The zero-order chi connectivity index (χ0) is 11.5. The molecule has 0 spiro atoms. The predicted octanol–water partition coefficient (Wildman–Crippen LogP) is 1.74. The number of aryl methyl sites for hydroxylation is 1. The van der Waals surface area contributed by atoms with E-state index < -0.39 is 0 Å². The average molecular weight is 256 g/mol. The van der Waals surface area contributed by atoms with Gasteiger partial charge in [0, 0.05) is 10.6 Å². The lowest BCUT2D eigenvalue weighted by atomic mass is 10.3. The number of nitrogens with zero attached hydrogens (tertiary/aromatic N) is 4. The molecule has 16 heavy (non-hydrogen) atoms. The first-order valence-corrected chi connectivity index (χ1v) is 5.92. The van der Waals surface area contributed by atoms with E-state index in [2.05, 4.69) is 15.4 Å². The SMILES string of the molecule is Cn1nnc(CSc2cc(N)ccc2Cl)n1. The first kappa shape index (κ1) is 11.2. The number of tetrazole rings is 1. The summed E-state index contributed by atoms with van der Waals surface area (Å²) in [5.41, 5.74) is 6.37. The number of anilines is 1. The lowest BCUT2D eigenvalue weighted by molar-refractivity contribution is 0.628. The molecule has 0 unspecified atom stereocenters. The Morgan fingerprint density at radius 2 is 2.31 bits per heavy atom. The quantitative estimate of drug-likeness (QED) is 0.668. The van der Waals surface area contributed by atoms with Gasteiger partial charge < -0.3 is 5.73 Å². The van der Waals surface area contributed by atoms with Crippen LogP contribution in [0.4, 0.5) is 5.69 Å². The molecule has 0 saturated carbocycles. The number of halogens is 1. The molecule has 0 fully saturated rings. The maximum Gasteiger partial charge on any atom is 0.184 e. The predicted molar refractivity (Wildman–Crippen MR) is 64.2 cm³/mol. The minimum absolute atomic E-state index is 0.622. The molecule has 2 N–H and O–H groups in total. The summed E-state index contributed by atoms with van der Waals surface area (Å²) in [4.78, 5) is 2.35. The van der Waals surface area contributed by atoms with Gasteiger partial charge in [-0.1, -0.05) is 11.6 Å². The van der Waals surface area contributed by atoms with Crippen molar-refractivity contribution in [1.82, 2.24) is 20.2 Å². The van der Waals surface area contributed by atoms with Crippen LogP contribution in [0.25, 0.3) is 0 Å². The summed E-state index contributed by atoms with van der Waals surface area (Å²) in [5, 5.41) is 12.4. The first-order chi connectivity index (χ1) is 7.65. The zero-order valence-corrected chi connectivity index (χ0v) is 10.2. The molecule has 1 aromatic heterocycles. The smallest absolute Gasteiger partial charge is 0.184 e. The third-order valence-electron chi connectivity index (χ3n) is 1.86. The van der Waals surface area contributed by atoms with E-state index in [0.29, 0.717) is 22.3 Å². The normalized spacial score (nSPS) is 10.6. The molecule has 0 amide bonds. The summed E-state index contributed by atoms with van der Waals surface area (Å²) in [7, 11) is 1.73. The molecule has 1 heterocycles. The van der Waals surface area contributed by atoms with Crippen LogP contribution in [-0.2, 0) is 12.8 Å². The number of rotatable bonds is 3. The lowest BCUT2D eigenvalue weighted by Gasteiger charge is -2.02. The molecule has 5 nitrogen and oxygen atoms in total. The van der Waals surface area contributed by atoms with E-state index in [0.717, 1.165) is 4.90 Å². The van der Waals surface area contributed by atoms with Crippen molar-refractivity contribution in [1.29, 1.82) is 0 Å². The van der Waals surface area contributed by atoms with E-state index in [1.54, 1.807) is 19.2 Å². The highest BCUT2D eigenvalue weighted by molar-refractivity contribution is 7.98. The van der Waals surface area contributed by atoms with Crippen LogP contribution in [0.2, 0.25) is 5.02 Å². The lowest BCUT2D eigenvalue weighted by Crippen LogP contribution is -1.92. The number of benzene rings is 1. The third kappa shape index (κ3) is 2.65. The molecule has 0 atom stereocenters. The van der Waals surface area contributed by atoms with Gasteiger partial charge in [-0.2, -0.15) is 4.80 Å². The number of nitrogens with two attached hydrogens (primary N) is 1. The van der Waals surface area contributed by atoms with E-state index >= 15 is 0 Å². The Morgan fingerprint density at radius 3 is 3.00 bits per heavy atom. The molecule has 2 rings (SSSR count). The van der Waals surface area contributed by atoms with Gasteiger partial charge in [0.15, 0.2) is 5.82 Å². The van der Waals surface area contributed by atoms with E-state index in [1.807, 2.05) is 6.07 Å². The fourth-order valence-corrected chi connectivity index (χ4v) is 2.26. The molecule has 0 aliphatic rings. The molecule has 2 aromatic rings. The molecule has 7 heteroatoms. The van der Waals surface area contributed by atoms with Crippen molar-refractivity contribution < 1.29 is 0 Å². The van der Waals surface area contributed by atoms with Crippen LogP contribution in [-0.4, -0.2) is 20.2 Å². The third-order valence-corrected chi connectivity index (χ3v) is 3.35. The van der Waals surface area contributed by atoms with Gasteiger partial charge in [-0.15, -0.1) is 22.0 Å². The van der Waals surface area contributed by atoms with Crippen LogP contribution < -0.4 is 5.73 Å². The minimum atomic E-state index is 0.622. The molecule has 0 aliphatic heterocycles. The molecular formula is C9H10ClN5S. The second kappa shape index (κ2) is 4.71. The molecule has 0 saturated heterocycles. The Balaban J connectivity index is 2.07. The number of thioether (sulfide) groups is 1. The van der Waals surface area contributed by atoms with Gasteiger partial charge in [0.25, 0.3) is 0 Å². The van der Waals surface area contributed by atoms with Crippen molar-refractivity contribution in [2.24, 2.45) is 7.05 Å². The van der Waals surface area contributed by atoms with E-state index in [-0.39, 0.29) is 0 Å². The highest BCUT2D eigenvalue weighted by atomic mass is 35.5. The Kier molecular flexibility index (Phi) is 3.31. The summed E-state index contributed by atoms with van der Waals surface area (Å²) >= 11 is 7.57. The Hall–Kier alpha value is -1.27. The zero-order valence-electron chi connectivity index (χ0n) is 8.59. The Bertz CT molecular complexity index is 498. The van der Waals surface area contributed by atoms with Crippen molar-refractivity contribution >= 4 is 29.1 Å². The Labute approximate surface area is 102 Å². The summed E-state index contributed by atoms with van der Waals surface area (Å²) in [5.74, 6) is 1.29. The van der Waals surface area contributed by atoms with E-state index in [1.165, 1.54) is 16.6 Å². The maximum absolute atomic E-state index is 6.03. The molecule has 1 aromatic carbocycles. The van der Waals surface area contributed by atoms with Crippen LogP contribution in [0.15, 0.2) is 23.1 Å². The Morgan fingerprint density at radius 1 is 1.50 bits per heavy atom. The second-order valence-corrected chi connectivity index (χ2v) is 4.60. The van der Waals surface area contributed by atoms with Crippen LogP contribution in [0.3, 0.4) is 0 Å². The fraction of sp³-hybridized carbons (Fsp3) is 0.222. The van der Waals surface area contributed by atoms with E-state index in [9.17, 15) is 0 Å². The van der Waals surface area contributed by atoms with Gasteiger partial charge in [-0.3, -0.25) is 0 Å². The summed E-state index contributed by atoms with van der Waals surface area (Å²) < 4.78 is 0. The van der Waals surface area contributed by atoms with Crippen LogP contribution >= 0.6 is 23.4 Å². The number of nitrogen functional groups attached to an aromatic ring is 1. The summed E-state index contributed by atoms with van der Waals surface area (Å²) in [6.45, 7) is 0. The fourth-order valence-electron chi connectivity index (χ4n) is 1.15. The topological polar surface area (TPSA) is 69.6 Å². The number of hydrogen-bond acceptors (Lipinski definition) is 5. The highest BCUT2D eigenvalue weighted by Crippen LogP contribution is 2.30. The van der Waals surface area contributed by atoms with Crippen molar-refractivity contribution in [3.05, 3.63) is 29.0 Å². The maximum atomic E-state index is 6.03. The monoisotopic (exact) mass is 255 g/mol. The van der Waals surface area contributed by atoms with Gasteiger partial charge >= 0.3 is 0 Å². The minimum Gasteiger partial charge on any atom is -0.399 e. The van der Waals surface area contributed by atoms with E-state index in [4.69, 9.17) is 17.3 Å². The molecule has 0 bridgehead atoms. The standard InChI is InChI=1S/C9H10ClN5S/c1-15-13-9(12-14-15)5-16-8-4-6(11)2-3-7(8)10/h2-4H,5,11H2,1H3. The summed E-state index contributed by atoms with van der Waals surface area (Å²) in [6, 6.07) is 5.39. The van der Waals surface area contributed by atoms with Gasteiger partial charge in [-0.05, 0) is 23.4 Å². The van der Waals surface area contributed by atoms with Crippen LogP contribution in [0.1, 0.15) is 5.82 Å². The van der Waals surface area contributed by atoms with Gasteiger partial charge in [0.2, 0.25) is 0 Å². The number of aromatic nitrogens is 4. The van der Waals surface area contributed by atoms with Crippen molar-refractivity contribution in [2.45, 2.75) is 10.6 Å². The highest BCUT2D eigenvalue weighted by Gasteiger charge is 2.05. The second-order valence-electron chi connectivity index (χ2n) is 3.17. The van der Waals surface area contributed by atoms with Crippen LogP contribution in [0, 0.1) is 0 Å². The molecule has 0 radical (unpaired) electrons. The first-order valence-electron chi connectivity index (χ1n) is 4.56. The molecule has 0 aliphatic carbocycles. The number of hydrogen-bond donors (Lipinski definition) is 1. The van der Waals surface area contributed by atoms with Gasteiger partial charge in [0.05, 0.1) is 17.8 Å².